The second kappa shape index (κ2) is 27.2. The molecule has 0 saturated carbocycles. The summed E-state index contributed by atoms with van der Waals surface area (Å²) in [5.41, 5.74) is 0. The van der Waals surface area contributed by atoms with Crippen molar-refractivity contribution in [1.82, 2.24) is 0 Å². The molecule has 0 aliphatic carbocycles. The standard InChI is InChI=1S/C22H42O4.2K/c1-2-3-4-5-6-7-8-9-10-11-12-13-14-15-16-17-18-20(22(25)26)19-21(23)24;;/h20H,2-19H2,1H3,(H,23,24)(H,25,26);;/q;2*+1/p-2. The summed E-state index contributed by atoms with van der Waals surface area (Å²) in [6, 6.07) is 0. The third kappa shape index (κ3) is 26.2. The van der Waals surface area contributed by atoms with Gasteiger partial charge in [-0.2, -0.15) is 0 Å². The summed E-state index contributed by atoms with van der Waals surface area (Å²) in [6.07, 6.45) is 20.3. The van der Waals surface area contributed by atoms with Crippen LogP contribution in [-0.4, -0.2) is 11.9 Å². The van der Waals surface area contributed by atoms with E-state index in [-0.39, 0.29) is 103 Å². The third-order valence-electron chi connectivity index (χ3n) is 5.15. The summed E-state index contributed by atoms with van der Waals surface area (Å²) < 4.78 is 0. The molecule has 0 bridgehead atoms. The van der Waals surface area contributed by atoms with Gasteiger partial charge in [-0.3, -0.25) is 0 Å². The Balaban J connectivity index is -0.00000312. The van der Waals surface area contributed by atoms with E-state index in [4.69, 9.17) is 0 Å². The van der Waals surface area contributed by atoms with Gasteiger partial charge in [0, 0.05) is 17.9 Å². The van der Waals surface area contributed by atoms with E-state index in [1.54, 1.807) is 0 Å². The van der Waals surface area contributed by atoms with E-state index in [0.29, 0.717) is 6.42 Å². The van der Waals surface area contributed by atoms with Gasteiger partial charge in [0.15, 0.2) is 0 Å². The molecule has 4 nitrogen and oxygen atoms in total. The Kier molecular flexibility index (Phi) is 33.9. The zero-order valence-corrected chi connectivity index (χ0v) is 25.2. The van der Waals surface area contributed by atoms with Crippen LogP contribution in [0.25, 0.3) is 0 Å². The fraction of sp³-hybridized carbons (Fsp3) is 0.909. The van der Waals surface area contributed by atoms with Crippen LogP contribution >= 0.6 is 0 Å². The van der Waals surface area contributed by atoms with E-state index in [0.717, 1.165) is 19.3 Å². The summed E-state index contributed by atoms with van der Waals surface area (Å²) in [5.74, 6) is -3.47. The first-order valence-corrected chi connectivity index (χ1v) is 11.0. The maximum absolute atomic E-state index is 10.8. The molecule has 0 heterocycles. The quantitative estimate of drug-likeness (QED) is 0.162. The molecule has 0 aliphatic heterocycles. The predicted octanol–water partition coefficient (Wildman–Crippen LogP) is -1.85. The molecule has 28 heavy (non-hydrogen) atoms. The molecule has 0 aromatic carbocycles. The Bertz CT molecular complexity index is 351. The van der Waals surface area contributed by atoms with Crippen molar-refractivity contribution >= 4 is 11.9 Å². The molecular formula is C22H40K2O4. The van der Waals surface area contributed by atoms with E-state index in [1.807, 2.05) is 0 Å². The molecular weight excluding hydrogens is 406 g/mol. The fourth-order valence-corrected chi connectivity index (χ4v) is 3.44. The Morgan fingerprint density at radius 1 is 0.607 bits per heavy atom. The average molecular weight is 447 g/mol. The van der Waals surface area contributed by atoms with Crippen LogP contribution in [0.3, 0.4) is 0 Å². The Morgan fingerprint density at radius 3 is 1.21 bits per heavy atom. The number of carbonyl (C=O) groups is 2. The molecule has 0 fully saturated rings. The zero-order chi connectivity index (χ0) is 19.5. The zero-order valence-electron chi connectivity index (χ0n) is 18.9. The SMILES string of the molecule is CCCCCCCCCCCCCCCCCCC(CC(=O)[O-])C(=O)[O-].[K+].[K+]. The Labute approximate surface area is 258 Å². The van der Waals surface area contributed by atoms with Crippen molar-refractivity contribution in [2.75, 3.05) is 0 Å². The van der Waals surface area contributed by atoms with Gasteiger partial charge in [0.1, 0.15) is 0 Å². The van der Waals surface area contributed by atoms with Gasteiger partial charge in [-0.05, 0) is 12.8 Å². The van der Waals surface area contributed by atoms with Crippen molar-refractivity contribution in [2.45, 2.75) is 122 Å². The van der Waals surface area contributed by atoms with Gasteiger partial charge in [0.05, 0.1) is 0 Å². The van der Waals surface area contributed by atoms with Gasteiger partial charge in [-0.25, -0.2) is 0 Å². The Hall–Kier alpha value is 2.21. The minimum atomic E-state index is -1.31. The minimum absolute atomic E-state index is 0. The van der Waals surface area contributed by atoms with E-state index >= 15 is 0 Å². The van der Waals surface area contributed by atoms with E-state index in [2.05, 4.69) is 6.92 Å². The molecule has 0 spiro atoms. The molecule has 0 aliphatic rings. The van der Waals surface area contributed by atoms with Gasteiger partial charge in [-0.15, -0.1) is 0 Å². The molecule has 1 atom stereocenters. The smallest absolute Gasteiger partial charge is 0.550 e. The number of carboxylic acids is 2. The van der Waals surface area contributed by atoms with Crippen LogP contribution < -0.4 is 113 Å². The maximum atomic E-state index is 10.8. The summed E-state index contributed by atoms with van der Waals surface area (Å²) in [7, 11) is 0. The van der Waals surface area contributed by atoms with Gasteiger partial charge in [0.25, 0.3) is 0 Å². The van der Waals surface area contributed by atoms with Crippen LogP contribution in [0.4, 0.5) is 0 Å². The van der Waals surface area contributed by atoms with Crippen molar-refractivity contribution in [3.05, 3.63) is 0 Å². The first-order valence-electron chi connectivity index (χ1n) is 11.0. The van der Waals surface area contributed by atoms with Crippen LogP contribution in [0.5, 0.6) is 0 Å². The van der Waals surface area contributed by atoms with Gasteiger partial charge < -0.3 is 19.8 Å². The second-order valence-electron chi connectivity index (χ2n) is 7.68. The van der Waals surface area contributed by atoms with E-state index in [1.165, 1.54) is 83.5 Å². The van der Waals surface area contributed by atoms with E-state index < -0.39 is 24.3 Å². The number of carbonyl (C=O) groups excluding carboxylic acids is 2. The largest absolute Gasteiger partial charge is 1.00 e. The number of unbranched alkanes of at least 4 members (excludes halogenated alkanes) is 15. The van der Waals surface area contributed by atoms with Crippen molar-refractivity contribution in [2.24, 2.45) is 5.92 Å². The van der Waals surface area contributed by atoms with Crippen molar-refractivity contribution in [3.8, 4) is 0 Å². The molecule has 0 radical (unpaired) electrons. The second-order valence-corrected chi connectivity index (χ2v) is 7.68. The Morgan fingerprint density at radius 2 is 0.929 bits per heavy atom. The van der Waals surface area contributed by atoms with Crippen LogP contribution in [0.1, 0.15) is 122 Å². The first kappa shape index (κ1) is 34.8. The van der Waals surface area contributed by atoms with Crippen LogP contribution in [0.2, 0.25) is 0 Å². The molecule has 0 saturated heterocycles. The molecule has 6 heteroatoms. The first-order chi connectivity index (χ1) is 12.6. The van der Waals surface area contributed by atoms with Crippen LogP contribution in [0.15, 0.2) is 0 Å². The molecule has 0 amide bonds. The molecule has 154 valence electrons. The maximum Gasteiger partial charge on any atom is 1.00 e. The van der Waals surface area contributed by atoms with E-state index in [9.17, 15) is 19.8 Å². The normalized spacial score (nSPS) is 11.3. The van der Waals surface area contributed by atoms with Crippen molar-refractivity contribution in [1.29, 1.82) is 0 Å². The molecule has 1 unspecified atom stereocenters. The minimum Gasteiger partial charge on any atom is -0.550 e. The van der Waals surface area contributed by atoms with Gasteiger partial charge >= 0.3 is 103 Å². The van der Waals surface area contributed by atoms with Crippen molar-refractivity contribution < 1.29 is 123 Å². The monoisotopic (exact) mass is 446 g/mol. The number of hydrogen-bond acceptors (Lipinski definition) is 4. The number of aliphatic carboxylic acids is 2. The van der Waals surface area contributed by atoms with Crippen LogP contribution in [0, 0.1) is 5.92 Å². The average Bonchev–Trinajstić information content (AvgIpc) is 2.59. The summed E-state index contributed by atoms with van der Waals surface area (Å²) in [5, 5.41) is 21.3. The van der Waals surface area contributed by atoms with Crippen molar-refractivity contribution in [3.63, 3.8) is 0 Å². The summed E-state index contributed by atoms with van der Waals surface area (Å²) in [4.78, 5) is 21.3. The molecule has 0 N–H and O–H groups in total. The number of hydrogen-bond donors (Lipinski definition) is 0. The van der Waals surface area contributed by atoms with Crippen LogP contribution in [-0.2, 0) is 9.59 Å². The summed E-state index contributed by atoms with van der Waals surface area (Å²) in [6.45, 7) is 2.26. The van der Waals surface area contributed by atoms with Gasteiger partial charge in [0.2, 0.25) is 0 Å². The molecule has 0 aromatic heterocycles. The third-order valence-corrected chi connectivity index (χ3v) is 5.15. The number of carboxylic acid groups (broad SMARTS) is 2. The fourth-order valence-electron chi connectivity index (χ4n) is 3.44. The predicted molar refractivity (Wildman–Crippen MR) is 102 cm³/mol. The molecule has 0 aromatic rings. The summed E-state index contributed by atoms with van der Waals surface area (Å²) >= 11 is 0. The topological polar surface area (TPSA) is 80.3 Å². The number of rotatable bonds is 20. The van der Waals surface area contributed by atoms with Gasteiger partial charge in [-0.1, -0.05) is 110 Å². The molecule has 0 rings (SSSR count).